The Balaban J connectivity index is 1.80. The van der Waals surface area contributed by atoms with Gasteiger partial charge in [0.05, 0.1) is 17.7 Å². The van der Waals surface area contributed by atoms with Gasteiger partial charge in [-0.2, -0.15) is 0 Å². The van der Waals surface area contributed by atoms with Gasteiger partial charge in [0.15, 0.2) is 0 Å². The third kappa shape index (κ3) is 6.90. The van der Waals surface area contributed by atoms with Gasteiger partial charge in [-0.15, -0.1) is 0 Å². The Morgan fingerprint density at radius 2 is 1.78 bits per heavy atom. The molecule has 5 amide bonds. The van der Waals surface area contributed by atoms with Crippen molar-refractivity contribution < 1.29 is 28.7 Å². The monoisotopic (exact) mass is 445 g/mol. The van der Waals surface area contributed by atoms with Gasteiger partial charge in [-0.3, -0.25) is 34.2 Å². The Morgan fingerprint density at radius 3 is 2.50 bits per heavy atom. The Kier molecular flexibility index (Phi) is 9.84. The van der Waals surface area contributed by atoms with Crippen LogP contribution in [0.3, 0.4) is 0 Å². The van der Waals surface area contributed by atoms with Crippen LogP contribution in [0.4, 0.5) is 0 Å². The van der Waals surface area contributed by atoms with Crippen LogP contribution in [0.5, 0.6) is 5.75 Å². The number of rotatable bonds is 14. The van der Waals surface area contributed by atoms with Gasteiger partial charge in [0, 0.05) is 25.4 Å². The van der Waals surface area contributed by atoms with E-state index < -0.39 is 23.8 Å². The highest BCUT2D eigenvalue weighted by molar-refractivity contribution is 6.21. The summed E-state index contributed by atoms with van der Waals surface area (Å²) in [5, 5.41) is 4.89. The Bertz CT molecular complexity index is 854. The fourth-order valence-corrected chi connectivity index (χ4v) is 3.46. The summed E-state index contributed by atoms with van der Waals surface area (Å²) in [6, 6.07) is 4.37. The summed E-state index contributed by atoms with van der Waals surface area (Å²) < 4.78 is 5.74. The standard InChI is InChI=1S/C23H31N3O6/c1-3-20(28)24-12-6-4-5-7-13-32-17-9-10-18-19(14-17)23(31)26(22(18)30)16(2)8-11-21(29)25-15-27/h9-10,14-16H,3-8,11-13H2,1-2H3,(H,24,28)(H,25,27,29). The molecule has 2 rings (SSSR count). The predicted molar refractivity (Wildman–Crippen MR) is 117 cm³/mol. The van der Waals surface area contributed by atoms with Gasteiger partial charge in [-0.1, -0.05) is 19.8 Å². The smallest absolute Gasteiger partial charge is 0.261 e. The van der Waals surface area contributed by atoms with Crippen LogP contribution in [0.1, 0.15) is 79.5 Å². The van der Waals surface area contributed by atoms with Gasteiger partial charge >= 0.3 is 0 Å². The minimum absolute atomic E-state index is 0.0344. The summed E-state index contributed by atoms with van der Waals surface area (Å²) in [5.74, 6) is -0.665. The first-order chi connectivity index (χ1) is 15.4. The lowest BCUT2D eigenvalue weighted by Gasteiger charge is -2.22. The van der Waals surface area contributed by atoms with E-state index in [1.54, 1.807) is 25.1 Å². The summed E-state index contributed by atoms with van der Waals surface area (Å²) in [6.45, 7) is 4.70. The maximum absolute atomic E-state index is 12.8. The van der Waals surface area contributed by atoms with Crippen LogP contribution in [-0.2, 0) is 14.4 Å². The molecule has 1 unspecified atom stereocenters. The second-order valence-corrected chi connectivity index (χ2v) is 7.73. The number of hydrogen-bond donors (Lipinski definition) is 2. The first-order valence-electron chi connectivity index (χ1n) is 11.0. The average Bonchev–Trinajstić information content (AvgIpc) is 3.03. The van der Waals surface area contributed by atoms with Gasteiger partial charge in [-0.25, -0.2) is 0 Å². The number of imide groups is 2. The molecule has 32 heavy (non-hydrogen) atoms. The van der Waals surface area contributed by atoms with Crippen LogP contribution in [0.2, 0.25) is 0 Å². The van der Waals surface area contributed by atoms with Crippen molar-refractivity contribution >= 4 is 30.0 Å². The van der Waals surface area contributed by atoms with Gasteiger partial charge in [0.1, 0.15) is 5.75 Å². The lowest BCUT2D eigenvalue weighted by atomic mass is 10.1. The van der Waals surface area contributed by atoms with Crippen molar-refractivity contribution in [3.63, 3.8) is 0 Å². The second-order valence-electron chi connectivity index (χ2n) is 7.73. The van der Waals surface area contributed by atoms with Crippen molar-refractivity contribution in [3.05, 3.63) is 29.3 Å². The van der Waals surface area contributed by atoms with Crippen LogP contribution < -0.4 is 15.4 Å². The lowest BCUT2D eigenvalue weighted by molar-refractivity contribution is -0.125. The molecular formula is C23H31N3O6. The number of fused-ring (bicyclic) bond motifs is 1. The molecule has 174 valence electrons. The molecule has 0 saturated carbocycles. The maximum Gasteiger partial charge on any atom is 0.261 e. The molecule has 0 spiro atoms. The number of benzene rings is 1. The number of unbranched alkanes of at least 4 members (excludes halogenated alkanes) is 3. The third-order valence-electron chi connectivity index (χ3n) is 5.32. The molecule has 0 aliphatic carbocycles. The summed E-state index contributed by atoms with van der Waals surface area (Å²) >= 11 is 0. The van der Waals surface area contributed by atoms with E-state index in [0.29, 0.717) is 42.9 Å². The molecule has 1 aromatic rings. The molecule has 1 heterocycles. The zero-order chi connectivity index (χ0) is 23.5. The fraction of sp³-hybridized carbons (Fsp3) is 0.522. The van der Waals surface area contributed by atoms with Gasteiger partial charge in [0.2, 0.25) is 18.2 Å². The molecule has 0 bridgehead atoms. The van der Waals surface area contributed by atoms with E-state index in [2.05, 4.69) is 5.32 Å². The van der Waals surface area contributed by atoms with Crippen molar-refractivity contribution in [2.45, 2.75) is 64.8 Å². The molecule has 1 aliphatic heterocycles. The van der Waals surface area contributed by atoms with Gasteiger partial charge < -0.3 is 10.1 Å². The molecule has 1 aliphatic rings. The van der Waals surface area contributed by atoms with Crippen LogP contribution >= 0.6 is 0 Å². The number of nitrogens with one attached hydrogen (secondary N) is 2. The number of carbonyl (C=O) groups excluding carboxylic acids is 5. The number of nitrogens with zero attached hydrogens (tertiary/aromatic N) is 1. The van der Waals surface area contributed by atoms with E-state index >= 15 is 0 Å². The van der Waals surface area contributed by atoms with Crippen molar-refractivity contribution in [1.29, 1.82) is 0 Å². The zero-order valence-electron chi connectivity index (χ0n) is 18.6. The first-order valence-corrected chi connectivity index (χ1v) is 11.0. The van der Waals surface area contributed by atoms with E-state index in [0.717, 1.165) is 30.6 Å². The quantitative estimate of drug-likeness (QED) is 0.257. The van der Waals surface area contributed by atoms with Crippen molar-refractivity contribution in [2.24, 2.45) is 0 Å². The average molecular weight is 446 g/mol. The molecule has 2 N–H and O–H groups in total. The van der Waals surface area contributed by atoms with Crippen LogP contribution in [-0.4, -0.2) is 54.1 Å². The number of carbonyl (C=O) groups is 5. The van der Waals surface area contributed by atoms with Crippen LogP contribution in [0.25, 0.3) is 0 Å². The van der Waals surface area contributed by atoms with E-state index in [1.807, 2.05) is 12.2 Å². The van der Waals surface area contributed by atoms with E-state index in [-0.39, 0.29) is 18.7 Å². The number of hydrogen-bond acceptors (Lipinski definition) is 6. The number of amides is 5. The molecule has 0 radical (unpaired) electrons. The topological polar surface area (TPSA) is 122 Å². The van der Waals surface area contributed by atoms with E-state index in [4.69, 9.17) is 4.74 Å². The molecular weight excluding hydrogens is 414 g/mol. The Morgan fingerprint density at radius 1 is 1.06 bits per heavy atom. The highest BCUT2D eigenvalue weighted by Crippen LogP contribution is 2.29. The predicted octanol–water partition coefficient (Wildman–Crippen LogP) is 2.19. The minimum Gasteiger partial charge on any atom is -0.494 e. The molecule has 0 aromatic heterocycles. The highest BCUT2D eigenvalue weighted by Gasteiger charge is 2.38. The number of ether oxygens (including phenoxy) is 1. The summed E-state index contributed by atoms with van der Waals surface area (Å²) in [6.07, 6.45) is 4.82. The molecule has 0 fully saturated rings. The highest BCUT2D eigenvalue weighted by atomic mass is 16.5. The minimum atomic E-state index is -0.480. The normalized spacial score (nSPS) is 13.5. The SMILES string of the molecule is CCC(=O)NCCCCCCOc1ccc2c(c1)C(=O)N(C(C)CCC(=O)NC=O)C2=O. The van der Waals surface area contributed by atoms with Crippen molar-refractivity contribution in [2.75, 3.05) is 13.2 Å². The first kappa shape index (κ1) is 25.0. The van der Waals surface area contributed by atoms with Crippen molar-refractivity contribution in [3.8, 4) is 5.75 Å². The second kappa shape index (κ2) is 12.6. The van der Waals surface area contributed by atoms with Crippen molar-refractivity contribution in [1.82, 2.24) is 15.5 Å². The van der Waals surface area contributed by atoms with E-state index in [1.165, 1.54) is 0 Å². The van der Waals surface area contributed by atoms with Gasteiger partial charge in [-0.05, 0) is 44.4 Å². The Labute approximate surface area is 187 Å². The molecule has 9 heteroatoms. The summed E-state index contributed by atoms with van der Waals surface area (Å²) in [5.41, 5.74) is 0.615. The Hall–Kier alpha value is -3.23. The molecule has 0 saturated heterocycles. The third-order valence-corrected chi connectivity index (χ3v) is 5.32. The maximum atomic E-state index is 12.8. The molecule has 1 aromatic carbocycles. The van der Waals surface area contributed by atoms with Gasteiger partial charge in [0.25, 0.3) is 11.8 Å². The molecule has 9 nitrogen and oxygen atoms in total. The lowest BCUT2D eigenvalue weighted by Crippen LogP contribution is -2.38. The van der Waals surface area contributed by atoms with Crippen LogP contribution in [0.15, 0.2) is 18.2 Å². The largest absolute Gasteiger partial charge is 0.494 e. The van der Waals surface area contributed by atoms with Crippen LogP contribution in [0, 0.1) is 0 Å². The van der Waals surface area contributed by atoms with E-state index in [9.17, 15) is 24.0 Å². The fourth-order valence-electron chi connectivity index (χ4n) is 3.46. The zero-order valence-corrected chi connectivity index (χ0v) is 18.6. The summed E-state index contributed by atoms with van der Waals surface area (Å²) in [7, 11) is 0. The molecule has 1 atom stereocenters. The summed E-state index contributed by atoms with van der Waals surface area (Å²) in [4.78, 5) is 59.5.